The van der Waals surface area contributed by atoms with Gasteiger partial charge < -0.3 is 15.3 Å². The highest BCUT2D eigenvalue weighted by atomic mass is 19.4. The molecular formula is C28H34F3N3O4. The highest BCUT2D eigenvalue weighted by Crippen LogP contribution is 2.20. The van der Waals surface area contributed by atoms with Gasteiger partial charge >= 0.3 is 12.1 Å². The van der Waals surface area contributed by atoms with E-state index in [4.69, 9.17) is 9.90 Å². The van der Waals surface area contributed by atoms with Gasteiger partial charge in [0.1, 0.15) is 0 Å². The standard InChI is InChI=1S/C26H33N3O2.C2HF3O2/c1-28(24-13-16-29(19-24)18-20-5-3-2-4-6-20)26(31)10-9-25(30)23-8-7-21-11-14-27-15-12-22(21)17-23;3-2(4,5)1(6)7/h2-8,17,24,27H,9-16,18-19H2,1H3;(H,6,7). The maximum Gasteiger partial charge on any atom is 0.490 e. The first-order valence-corrected chi connectivity index (χ1v) is 12.7. The fourth-order valence-corrected chi connectivity index (χ4v) is 4.71. The van der Waals surface area contributed by atoms with Crippen molar-refractivity contribution in [3.05, 3.63) is 70.8 Å². The van der Waals surface area contributed by atoms with E-state index in [0.717, 1.165) is 57.5 Å². The summed E-state index contributed by atoms with van der Waals surface area (Å²) in [5.41, 5.74) is 4.65. The minimum absolute atomic E-state index is 0.0684. The molecular weight excluding hydrogens is 499 g/mol. The van der Waals surface area contributed by atoms with Crippen LogP contribution in [-0.4, -0.2) is 78.0 Å². The van der Waals surface area contributed by atoms with E-state index in [1.807, 2.05) is 30.1 Å². The minimum Gasteiger partial charge on any atom is -0.475 e. The largest absolute Gasteiger partial charge is 0.490 e. The highest BCUT2D eigenvalue weighted by molar-refractivity contribution is 5.98. The third kappa shape index (κ3) is 8.66. The van der Waals surface area contributed by atoms with E-state index in [1.165, 1.54) is 16.7 Å². The Morgan fingerprint density at radius 1 is 1.03 bits per heavy atom. The number of alkyl halides is 3. The second-order valence-electron chi connectivity index (χ2n) is 9.63. The average Bonchev–Trinajstić information content (AvgIpc) is 3.22. The number of hydrogen-bond acceptors (Lipinski definition) is 5. The van der Waals surface area contributed by atoms with Crippen LogP contribution in [0.5, 0.6) is 0 Å². The lowest BCUT2D eigenvalue weighted by atomic mass is 9.97. The molecule has 0 aliphatic carbocycles. The van der Waals surface area contributed by atoms with Crippen molar-refractivity contribution < 1.29 is 32.7 Å². The fourth-order valence-electron chi connectivity index (χ4n) is 4.71. The highest BCUT2D eigenvalue weighted by Gasteiger charge is 2.38. The lowest BCUT2D eigenvalue weighted by Gasteiger charge is -2.25. The number of ketones is 1. The predicted molar refractivity (Wildman–Crippen MR) is 137 cm³/mol. The molecule has 0 radical (unpaired) electrons. The quantitative estimate of drug-likeness (QED) is 0.528. The Morgan fingerprint density at radius 2 is 1.68 bits per heavy atom. The van der Waals surface area contributed by atoms with Gasteiger partial charge in [-0.2, -0.15) is 13.2 Å². The number of fused-ring (bicyclic) bond motifs is 1. The minimum atomic E-state index is -5.08. The Kier molecular flexibility index (Phi) is 10.4. The van der Waals surface area contributed by atoms with E-state index >= 15 is 0 Å². The molecule has 0 bridgehead atoms. The van der Waals surface area contributed by atoms with Crippen LogP contribution in [0.4, 0.5) is 13.2 Å². The predicted octanol–water partition coefficient (Wildman–Crippen LogP) is 3.70. The van der Waals surface area contributed by atoms with Gasteiger partial charge in [0.25, 0.3) is 0 Å². The molecule has 1 saturated heterocycles. The van der Waals surface area contributed by atoms with Crippen LogP contribution in [0, 0.1) is 0 Å². The molecule has 2 aromatic carbocycles. The molecule has 2 heterocycles. The van der Waals surface area contributed by atoms with Crippen molar-refractivity contribution in [1.82, 2.24) is 15.1 Å². The molecule has 1 unspecified atom stereocenters. The van der Waals surface area contributed by atoms with Crippen molar-refractivity contribution in [2.75, 3.05) is 33.2 Å². The zero-order valence-electron chi connectivity index (χ0n) is 21.5. The molecule has 1 atom stereocenters. The van der Waals surface area contributed by atoms with Crippen molar-refractivity contribution in [3.8, 4) is 0 Å². The van der Waals surface area contributed by atoms with Crippen LogP contribution < -0.4 is 5.32 Å². The Balaban J connectivity index is 0.000000505. The van der Waals surface area contributed by atoms with Gasteiger partial charge in [-0.1, -0.05) is 42.5 Å². The van der Waals surface area contributed by atoms with Crippen molar-refractivity contribution >= 4 is 17.7 Å². The molecule has 4 rings (SSSR count). The van der Waals surface area contributed by atoms with E-state index in [1.54, 1.807) is 0 Å². The van der Waals surface area contributed by atoms with Crippen LogP contribution in [0.1, 0.15) is 46.3 Å². The van der Waals surface area contributed by atoms with E-state index < -0.39 is 12.1 Å². The third-order valence-electron chi connectivity index (χ3n) is 6.92. The maximum atomic E-state index is 12.8. The number of nitrogens with zero attached hydrogens (tertiary/aromatic N) is 2. The summed E-state index contributed by atoms with van der Waals surface area (Å²) in [6, 6.07) is 16.7. The number of carbonyl (C=O) groups excluding carboxylic acids is 2. The van der Waals surface area contributed by atoms with Crippen molar-refractivity contribution in [1.29, 1.82) is 0 Å². The first-order valence-electron chi connectivity index (χ1n) is 12.7. The molecule has 10 heteroatoms. The number of aliphatic carboxylic acids is 1. The Labute approximate surface area is 220 Å². The van der Waals surface area contributed by atoms with Gasteiger partial charge in [-0.15, -0.1) is 0 Å². The summed E-state index contributed by atoms with van der Waals surface area (Å²) in [6.07, 6.45) is -1.57. The molecule has 0 saturated carbocycles. The summed E-state index contributed by atoms with van der Waals surface area (Å²) >= 11 is 0. The number of rotatable bonds is 7. The normalized spacial score (nSPS) is 17.5. The van der Waals surface area contributed by atoms with Gasteiger partial charge in [-0.25, -0.2) is 4.79 Å². The van der Waals surface area contributed by atoms with Crippen molar-refractivity contribution in [2.24, 2.45) is 0 Å². The monoisotopic (exact) mass is 533 g/mol. The molecule has 0 spiro atoms. The van der Waals surface area contributed by atoms with Crippen LogP contribution in [-0.2, 0) is 29.0 Å². The average molecular weight is 534 g/mol. The third-order valence-corrected chi connectivity index (χ3v) is 6.92. The Hall–Kier alpha value is -3.24. The smallest absolute Gasteiger partial charge is 0.475 e. The van der Waals surface area contributed by atoms with Crippen LogP contribution in [0.3, 0.4) is 0 Å². The summed E-state index contributed by atoms with van der Waals surface area (Å²) in [5.74, 6) is -2.62. The zero-order chi connectivity index (χ0) is 27.7. The molecule has 1 fully saturated rings. The van der Waals surface area contributed by atoms with Crippen LogP contribution >= 0.6 is 0 Å². The van der Waals surface area contributed by atoms with E-state index in [-0.39, 0.29) is 30.6 Å². The van der Waals surface area contributed by atoms with Gasteiger partial charge in [-0.05, 0) is 55.1 Å². The van der Waals surface area contributed by atoms with E-state index in [0.29, 0.717) is 0 Å². The number of hydrogen-bond donors (Lipinski definition) is 2. The number of nitrogens with one attached hydrogen (secondary N) is 1. The zero-order valence-corrected chi connectivity index (χ0v) is 21.5. The van der Waals surface area contributed by atoms with Gasteiger partial charge in [0.15, 0.2) is 5.78 Å². The molecule has 0 aromatic heterocycles. The topological polar surface area (TPSA) is 90.0 Å². The molecule has 2 aliphatic rings. The van der Waals surface area contributed by atoms with E-state index in [2.05, 4.69) is 40.5 Å². The van der Waals surface area contributed by atoms with Gasteiger partial charge in [0.2, 0.25) is 5.91 Å². The van der Waals surface area contributed by atoms with Gasteiger partial charge in [0.05, 0.1) is 0 Å². The van der Waals surface area contributed by atoms with E-state index in [9.17, 15) is 22.8 Å². The Morgan fingerprint density at radius 3 is 2.34 bits per heavy atom. The molecule has 2 aromatic rings. The molecule has 1 amide bonds. The van der Waals surface area contributed by atoms with Crippen molar-refractivity contribution in [3.63, 3.8) is 0 Å². The summed E-state index contributed by atoms with van der Waals surface area (Å²) in [5, 5.41) is 10.5. The lowest BCUT2D eigenvalue weighted by molar-refractivity contribution is -0.192. The lowest BCUT2D eigenvalue weighted by Crippen LogP contribution is -2.39. The van der Waals surface area contributed by atoms with Crippen LogP contribution in [0.2, 0.25) is 0 Å². The number of carbonyl (C=O) groups is 3. The number of Topliss-reactive ketones (excluding diaryl/α,β-unsaturated/α-hetero) is 1. The van der Waals surface area contributed by atoms with Crippen molar-refractivity contribution in [2.45, 2.75) is 50.9 Å². The van der Waals surface area contributed by atoms with Crippen LogP contribution in [0.25, 0.3) is 0 Å². The molecule has 206 valence electrons. The molecule has 2 aliphatic heterocycles. The second kappa shape index (κ2) is 13.5. The van der Waals surface area contributed by atoms with Gasteiger partial charge in [-0.3, -0.25) is 14.5 Å². The maximum absolute atomic E-state index is 12.8. The Bertz CT molecular complexity index is 1110. The fraction of sp³-hybridized carbons (Fsp3) is 0.464. The number of likely N-dealkylation sites (N-methyl/N-ethyl adjacent to an activating group) is 1. The number of carboxylic acid groups (broad SMARTS) is 1. The van der Waals surface area contributed by atoms with Gasteiger partial charge in [0, 0.05) is 51.1 Å². The molecule has 2 N–H and O–H groups in total. The first-order chi connectivity index (χ1) is 18.0. The van der Waals surface area contributed by atoms with Crippen LogP contribution in [0.15, 0.2) is 48.5 Å². The summed E-state index contributed by atoms with van der Waals surface area (Å²) in [7, 11) is 1.89. The second-order valence-corrected chi connectivity index (χ2v) is 9.63. The number of halogens is 3. The number of benzene rings is 2. The SMILES string of the molecule is CN(C(=O)CCC(=O)c1ccc2c(c1)CCNCC2)C1CCN(Cc2ccccc2)C1.O=C(O)C(F)(F)F. The number of likely N-dealkylation sites (tertiary alicyclic amines) is 1. The molecule has 7 nitrogen and oxygen atoms in total. The number of carboxylic acids is 1. The first kappa shape index (κ1) is 29.3. The summed E-state index contributed by atoms with van der Waals surface area (Å²) < 4.78 is 31.7. The summed E-state index contributed by atoms with van der Waals surface area (Å²) in [6.45, 7) is 4.76. The number of amides is 1. The molecule has 38 heavy (non-hydrogen) atoms. The summed E-state index contributed by atoms with van der Waals surface area (Å²) in [4.78, 5) is 38.6.